The van der Waals surface area contributed by atoms with Crippen LogP contribution in [0, 0.1) is 0 Å². The summed E-state index contributed by atoms with van der Waals surface area (Å²) >= 11 is 0. The number of hydrogen-bond acceptors (Lipinski definition) is 3. The van der Waals surface area contributed by atoms with Gasteiger partial charge in [-0.25, -0.2) is 0 Å². The van der Waals surface area contributed by atoms with Crippen LogP contribution in [0.15, 0.2) is 42.6 Å². The third-order valence-electron chi connectivity index (χ3n) is 2.34. The Balaban J connectivity index is 2.53. The van der Waals surface area contributed by atoms with E-state index in [-0.39, 0.29) is 11.5 Å². The second-order valence-corrected chi connectivity index (χ2v) is 3.50. The molecule has 1 heterocycles. The minimum atomic E-state index is -0.0859. The maximum Gasteiger partial charge on any atom is 0.178 e. The fraction of sp³-hybridized carbons (Fsp3) is 0.0769. The zero-order valence-electron chi connectivity index (χ0n) is 8.84. The Morgan fingerprint density at radius 2 is 2.00 bits per heavy atom. The SMILES string of the molecule is CC(=O)c1cc(-c2ccccc2O)ccn1. The summed E-state index contributed by atoms with van der Waals surface area (Å²) in [6.45, 7) is 1.47. The number of ketones is 1. The Labute approximate surface area is 93.4 Å². The maximum absolute atomic E-state index is 11.2. The molecule has 0 unspecified atom stereocenters. The summed E-state index contributed by atoms with van der Waals surface area (Å²) in [5.74, 6) is 0.112. The second-order valence-electron chi connectivity index (χ2n) is 3.50. The third-order valence-corrected chi connectivity index (χ3v) is 2.34. The lowest BCUT2D eigenvalue weighted by Gasteiger charge is -2.04. The number of aromatic nitrogens is 1. The first-order valence-corrected chi connectivity index (χ1v) is 4.94. The van der Waals surface area contributed by atoms with Gasteiger partial charge in [-0.1, -0.05) is 18.2 Å². The van der Waals surface area contributed by atoms with Crippen LogP contribution in [0.3, 0.4) is 0 Å². The van der Waals surface area contributed by atoms with Crippen molar-refractivity contribution in [3.63, 3.8) is 0 Å². The fourth-order valence-electron chi connectivity index (χ4n) is 1.51. The van der Waals surface area contributed by atoms with Gasteiger partial charge < -0.3 is 5.11 Å². The van der Waals surface area contributed by atoms with Crippen LogP contribution in [0.1, 0.15) is 17.4 Å². The van der Waals surface area contributed by atoms with Gasteiger partial charge in [0.2, 0.25) is 0 Å². The van der Waals surface area contributed by atoms with Gasteiger partial charge >= 0.3 is 0 Å². The molecule has 0 aliphatic heterocycles. The lowest BCUT2D eigenvalue weighted by atomic mass is 10.0. The topological polar surface area (TPSA) is 50.2 Å². The van der Waals surface area contributed by atoms with Gasteiger partial charge in [-0.3, -0.25) is 9.78 Å². The number of benzene rings is 1. The Kier molecular flexibility index (Phi) is 2.68. The highest BCUT2D eigenvalue weighted by Gasteiger charge is 2.06. The molecule has 0 spiro atoms. The molecule has 1 aromatic carbocycles. The first-order valence-electron chi connectivity index (χ1n) is 4.94. The van der Waals surface area contributed by atoms with Crippen molar-refractivity contribution in [2.24, 2.45) is 0 Å². The number of aromatic hydroxyl groups is 1. The summed E-state index contributed by atoms with van der Waals surface area (Å²) in [4.78, 5) is 15.2. The lowest BCUT2D eigenvalue weighted by Crippen LogP contribution is -1.96. The highest BCUT2D eigenvalue weighted by atomic mass is 16.3. The Hall–Kier alpha value is -2.16. The minimum absolute atomic E-state index is 0.0859. The van der Waals surface area contributed by atoms with Crippen molar-refractivity contribution < 1.29 is 9.90 Å². The monoisotopic (exact) mass is 213 g/mol. The smallest absolute Gasteiger partial charge is 0.178 e. The number of hydrogen-bond donors (Lipinski definition) is 1. The molecule has 0 saturated carbocycles. The van der Waals surface area contributed by atoms with Gasteiger partial charge in [0.25, 0.3) is 0 Å². The average molecular weight is 213 g/mol. The van der Waals surface area contributed by atoms with Crippen LogP contribution < -0.4 is 0 Å². The number of nitrogens with zero attached hydrogens (tertiary/aromatic N) is 1. The average Bonchev–Trinajstić information content (AvgIpc) is 2.30. The highest BCUT2D eigenvalue weighted by molar-refractivity contribution is 5.93. The summed E-state index contributed by atoms with van der Waals surface area (Å²) in [5, 5.41) is 9.69. The van der Waals surface area contributed by atoms with Crippen molar-refractivity contribution in [3.05, 3.63) is 48.3 Å². The first kappa shape index (κ1) is 10.4. The number of rotatable bonds is 2. The quantitative estimate of drug-likeness (QED) is 0.780. The van der Waals surface area contributed by atoms with Crippen LogP contribution in [0.5, 0.6) is 5.75 Å². The molecule has 16 heavy (non-hydrogen) atoms. The Morgan fingerprint density at radius 1 is 1.25 bits per heavy atom. The van der Waals surface area contributed by atoms with Crippen molar-refractivity contribution in [1.82, 2.24) is 4.98 Å². The minimum Gasteiger partial charge on any atom is -0.507 e. The number of carbonyl (C=O) groups excluding carboxylic acids is 1. The van der Waals surface area contributed by atoms with Crippen LogP contribution in [0.2, 0.25) is 0 Å². The maximum atomic E-state index is 11.2. The van der Waals surface area contributed by atoms with E-state index in [2.05, 4.69) is 4.98 Å². The van der Waals surface area contributed by atoms with Crippen LogP contribution in [-0.2, 0) is 0 Å². The van der Waals surface area contributed by atoms with E-state index in [0.29, 0.717) is 11.3 Å². The fourth-order valence-corrected chi connectivity index (χ4v) is 1.51. The summed E-state index contributed by atoms with van der Waals surface area (Å²) in [6.07, 6.45) is 1.57. The molecule has 0 atom stereocenters. The molecular formula is C13H11NO2. The van der Waals surface area contributed by atoms with E-state index in [1.54, 1.807) is 36.5 Å². The van der Waals surface area contributed by atoms with Gasteiger partial charge in [0.05, 0.1) is 0 Å². The van der Waals surface area contributed by atoms with Crippen molar-refractivity contribution in [1.29, 1.82) is 0 Å². The number of pyridine rings is 1. The van der Waals surface area contributed by atoms with Gasteiger partial charge in [0.15, 0.2) is 5.78 Å². The molecule has 0 saturated heterocycles. The molecule has 0 aliphatic carbocycles. The van der Waals surface area contributed by atoms with E-state index in [0.717, 1.165) is 5.56 Å². The predicted octanol–water partition coefficient (Wildman–Crippen LogP) is 2.66. The molecule has 0 radical (unpaired) electrons. The van der Waals surface area contributed by atoms with Gasteiger partial charge in [-0.05, 0) is 23.8 Å². The molecule has 80 valence electrons. The van der Waals surface area contributed by atoms with Crippen LogP contribution >= 0.6 is 0 Å². The molecule has 1 N–H and O–H groups in total. The van der Waals surface area contributed by atoms with Crippen LogP contribution in [0.4, 0.5) is 0 Å². The van der Waals surface area contributed by atoms with Crippen molar-refractivity contribution >= 4 is 5.78 Å². The molecule has 2 aromatic rings. The molecule has 0 amide bonds. The first-order chi connectivity index (χ1) is 7.68. The molecular weight excluding hydrogens is 202 g/mol. The molecule has 1 aromatic heterocycles. The van der Waals surface area contributed by atoms with E-state index in [1.807, 2.05) is 6.07 Å². The number of carbonyl (C=O) groups is 1. The van der Waals surface area contributed by atoms with Crippen molar-refractivity contribution in [2.45, 2.75) is 6.92 Å². The molecule has 2 rings (SSSR count). The van der Waals surface area contributed by atoms with Gasteiger partial charge in [-0.15, -0.1) is 0 Å². The highest BCUT2D eigenvalue weighted by Crippen LogP contribution is 2.28. The molecule has 3 nitrogen and oxygen atoms in total. The predicted molar refractivity (Wildman–Crippen MR) is 61.3 cm³/mol. The van der Waals surface area contributed by atoms with Crippen molar-refractivity contribution in [3.8, 4) is 16.9 Å². The largest absolute Gasteiger partial charge is 0.507 e. The van der Waals surface area contributed by atoms with E-state index in [9.17, 15) is 9.90 Å². The third kappa shape index (κ3) is 1.93. The van der Waals surface area contributed by atoms with Gasteiger partial charge in [-0.2, -0.15) is 0 Å². The van der Waals surface area contributed by atoms with Crippen LogP contribution in [0.25, 0.3) is 11.1 Å². The number of phenolic OH excluding ortho intramolecular Hbond substituents is 1. The van der Waals surface area contributed by atoms with E-state index >= 15 is 0 Å². The molecule has 0 aliphatic rings. The standard InChI is InChI=1S/C13H11NO2/c1-9(15)12-8-10(6-7-14-12)11-4-2-3-5-13(11)16/h2-8,16H,1H3. The zero-order chi connectivity index (χ0) is 11.5. The van der Waals surface area contributed by atoms with Gasteiger partial charge in [0, 0.05) is 18.7 Å². The van der Waals surface area contributed by atoms with Crippen molar-refractivity contribution in [2.75, 3.05) is 0 Å². The number of Topliss-reactive ketones (excluding diaryl/α,β-unsaturated/α-hetero) is 1. The van der Waals surface area contributed by atoms with E-state index < -0.39 is 0 Å². The van der Waals surface area contributed by atoms with E-state index in [4.69, 9.17) is 0 Å². The molecule has 3 heteroatoms. The van der Waals surface area contributed by atoms with E-state index in [1.165, 1.54) is 6.92 Å². The summed E-state index contributed by atoms with van der Waals surface area (Å²) < 4.78 is 0. The molecule has 0 bridgehead atoms. The lowest BCUT2D eigenvalue weighted by molar-refractivity contribution is 0.101. The summed E-state index contributed by atoms with van der Waals surface area (Å²) in [5.41, 5.74) is 1.89. The Morgan fingerprint density at radius 3 is 2.69 bits per heavy atom. The zero-order valence-corrected chi connectivity index (χ0v) is 8.84. The van der Waals surface area contributed by atoms with Crippen LogP contribution in [-0.4, -0.2) is 15.9 Å². The normalized spacial score (nSPS) is 10.1. The Bertz CT molecular complexity index is 535. The summed E-state index contributed by atoms with van der Waals surface area (Å²) in [6, 6.07) is 10.4. The van der Waals surface area contributed by atoms with Gasteiger partial charge in [0.1, 0.15) is 11.4 Å². The molecule has 0 fully saturated rings. The summed E-state index contributed by atoms with van der Waals surface area (Å²) in [7, 11) is 0. The number of para-hydroxylation sites is 1. The number of phenols is 1. The second kappa shape index (κ2) is 4.14.